The fraction of sp³-hybridized carbons (Fsp3) is 0.625. The first kappa shape index (κ1) is 17.9. The molecule has 1 aromatic rings. The molecule has 0 aliphatic rings. The molecular weight excluding hydrogens is 286 g/mol. The number of hydrogen-bond donors (Lipinski definition) is 1. The third-order valence-electron chi connectivity index (χ3n) is 3.37. The second-order valence-electron chi connectivity index (χ2n) is 5.45. The Hall–Kier alpha value is -1.13. The number of hydrogen-bond acceptors (Lipinski definition) is 3. The normalized spacial score (nSPS) is 11.2. The average Bonchev–Trinajstić information content (AvgIpc) is 2.45. The van der Waals surface area contributed by atoms with E-state index in [4.69, 9.17) is 11.6 Å². The number of nitrogens with one attached hydrogen (secondary N) is 1. The first-order valence-corrected chi connectivity index (χ1v) is 8.03. The van der Waals surface area contributed by atoms with Gasteiger partial charge in [-0.1, -0.05) is 39.3 Å². The Bertz CT molecular complexity index is 463. The Balaban J connectivity index is 2.59. The number of likely N-dealkylation sites (N-methyl/N-ethyl adjacent to an activating group) is 1. The molecule has 21 heavy (non-hydrogen) atoms. The van der Waals surface area contributed by atoms with Crippen molar-refractivity contribution < 1.29 is 4.79 Å². The number of pyridine rings is 1. The van der Waals surface area contributed by atoms with Crippen LogP contribution < -0.4 is 5.32 Å². The van der Waals surface area contributed by atoms with Crippen LogP contribution >= 0.6 is 11.6 Å². The molecule has 0 unspecified atom stereocenters. The van der Waals surface area contributed by atoms with Crippen LogP contribution in [0.5, 0.6) is 0 Å². The van der Waals surface area contributed by atoms with Crippen molar-refractivity contribution in [2.24, 2.45) is 0 Å². The number of amides is 1. The number of carbonyl (C=O) groups is 1. The number of carbonyl (C=O) groups excluding carboxylic acids is 1. The fourth-order valence-electron chi connectivity index (χ4n) is 2.12. The summed E-state index contributed by atoms with van der Waals surface area (Å²) in [4.78, 5) is 18.7. The van der Waals surface area contributed by atoms with Gasteiger partial charge in [-0.15, -0.1) is 0 Å². The Morgan fingerprint density at radius 2 is 2.05 bits per heavy atom. The molecule has 0 saturated carbocycles. The first-order chi connectivity index (χ1) is 9.97. The Labute approximate surface area is 132 Å². The van der Waals surface area contributed by atoms with Gasteiger partial charge in [0.25, 0.3) is 5.91 Å². The highest BCUT2D eigenvalue weighted by Gasteiger charge is 2.11. The monoisotopic (exact) mass is 311 g/mol. The smallest absolute Gasteiger partial charge is 0.251 e. The molecule has 1 N–H and O–H groups in total. The predicted molar refractivity (Wildman–Crippen MR) is 88.1 cm³/mol. The summed E-state index contributed by atoms with van der Waals surface area (Å²) in [6.45, 7) is 11.9. The molecule has 1 amide bonds. The van der Waals surface area contributed by atoms with E-state index in [0.717, 1.165) is 31.7 Å². The van der Waals surface area contributed by atoms with E-state index in [1.54, 1.807) is 6.07 Å². The maximum absolute atomic E-state index is 12.2. The van der Waals surface area contributed by atoms with Gasteiger partial charge in [-0.25, -0.2) is 4.98 Å². The number of halogens is 1. The topological polar surface area (TPSA) is 45.2 Å². The SMILES string of the molecule is CCCN(CC)CCNC(=O)c1cc(Cl)nc(C(C)C)c1. The van der Waals surface area contributed by atoms with Crippen LogP contribution in [0.25, 0.3) is 0 Å². The predicted octanol–water partition coefficient (Wildman–Crippen LogP) is 3.32. The molecule has 1 heterocycles. The van der Waals surface area contributed by atoms with Gasteiger partial charge in [-0.2, -0.15) is 0 Å². The van der Waals surface area contributed by atoms with Crippen molar-refractivity contribution in [3.05, 3.63) is 28.5 Å². The van der Waals surface area contributed by atoms with Crippen LogP contribution in [-0.4, -0.2) is 42.0 Å². The van der Waals surface area contributed by atoms with E-state index < -0.39 is 0 Å². The third-order valence-corrected chi connectivity index (χ3v) is 3.56. The summed E-state index contributed by atoms with van der Waals surface area (Å²) >= 11 is 5.99. The van der Waals surface area contributed by atoms with E-state index in [9.17, 15) is 4.79 Å². The lowest BCUT2D eigenvalue weighted by Gasteiger charge is -2.19. The maximum atomic E-state index is 12.2. The summed E-state index contributed by atoms with van der Waals surface area (Å²) in [5, 5.41) is 3.32. The second-order valence-corrected chi connectivity index (χ2v) is 5.84. The van der Waals surface area contributed by atoms with E-state index in [0.29, 0.717) is 17.3 Å². The zero-order chi connectivity index (χ0) is 15.8. The standard InChI is InChI=1S/C16H26ClN3O/c1-5-8-20(6-2)9-7-18-16(21)13-10-14(12(3)4)19-15(17)11-13/h10-12H,5-9H2,1-4H3,(H,18,21). The van der Waals surface area contributed by atoms with Crippen molar-refractivity contribution in [2.75, 3.05) is 26.2 Å². The summed E-state index contributed by atoms with van der Waals surface area (Å²) in [7, 11) is 0. The molecule has 1 rings (SSSR count). The molecule has 1 aromatic heterocycles. The lowest BCUT2D eigenvalue weighted by atomic mass is 10.1. The molecule has 118 valence electrons. The van der Waals surface area contributed by atoms with Crippen LogP contribution in [0, 0.1) is 0 Å². The molecule has 0 saturated heterocycles. The zero-order valence-electron chi connectivity index (χ0n) is 13.4. The van der Waals surface area contributed by atoms with Crippen molar-refractivity contribution in [1.82, 2.24) is 15.2 Å². The second kappa shape index (κ2) is 9.00. The van der Waals surface area contributed by atoms with Crippen molar-refractivity contribution in [1.29, 1.82) is 0 Å². The van der Waals surface area contributed by atoms with Crippen molar-refractivity contribution >= 4 is 17.5 Å². The summed E-state index contributed by atoms with van der Waals surface area (Å²) in [5.74, 6) is 0.157. The summed E-state index contributed by atoms with van der Waals surface area (Å²) < 4.78 is 0. The highest BCUT2D eigenvalue weighted by Crippen LogP contribution is 2.17. The molecule has 0 radical (unpaired) electrons. The molecule has 0 bridgehead atoms. The van der Waals surface area contributed by atoms with Crippen LogP contribution in [0.2, 0.25) is 5.15 Å². The van der Waals surface area contributed by atoms with Gasteiger partial charge in [-0.3, -0.25) is 4.79 Å². The summed E-state index contributed by atoms with van der Waals surface area (Å²) in [6.07, 6.45) is 1.12. The van der Waals surface area contributed by atoms with Crippen molar-refractivity contribution in [3.63, 3.8) is 0 Å². The molecule has 0 fully saturated rings. The van der Waals surface area contributed by atoms with E-state index in [1.807, 2.05) is 19.9 Å². The maximum Gasteiger partial charge on any atom is 0.251 e. The van der Waals surface area contributed by atoms with Crippen LogP contribution in [0.1, 0.15) is 56.1 Å². The van der Waals surface area contributed by atoms with Gasteiger partial charge in [0, 0.05) is 24.3 Å². The molecular formula is C16H26ClN3O. The number of rotatable bonds is 8. The van der Waals surface area contributed by atoms with Gasteiger partial charge in [0.15, 0.2) is 0 Å². The lowest BCUT2D eigenvalue weighted by molar-refractivity contribution is 0.0948. The average molecular weight is 312 g/mol. The van der Waals surface area contributed by atoms with E-state index in [2.05, 4.69) is 29.0 Å². The Morgan fingerprint density at radius 3 is 2.62 bits per heavy atom. The van der Waals surface area contributed by atoms with Crippen LogP contribution in [-0.2, 0) is 0 Å². The van der Waals surface area contributed by atoms with Gasteiger partial charge >= 0.3 is 0 Å². The number of aromatic nitrogens is 1. The molecule has 5 heteroatoms. The van der Waals surface area contributed by atoms with Crippen LogP contribution in [0.3, 0.4) is 0 Å². The highest BCUT2D eigenvalue weighted by atomic mass is 35.5. The quantitative estimate of drug-likeness (QED) is 0.749. The van der Waals surface area contributed by atoms with Gasteiger partial charge < -0.3 is 10.2 Å². The van der Waals surface area contributed by atoms with Gasteiger partial charge in [0.2, 0.25) is 0 Å². The van der Waals surface area contributed by atoms with Gasteiger partial charge in [0.1, 0.15) is 5.15 Å². The largest absolute Gasteiger partial charge is 0.351 e. The van der Waals surface area contributed by atoms with E-state index in [1.165, 1.54) is 0 Å². The number of nitrogens with zero attached hydrogens (tertiary/aromatic N) is 2. The zero-order valence-corrected chi connectivity index (χ0v) is 14.2. The minimum absolute atomic E-state index is 0.0891. The van der Waals surface area contributed by atoms with Crippen LogP contribution in [0.15, 0.2) is 12.1 Å². The summed E-state index contributed by atoms with van der Waals surface area (Å²) in [5.41, 5.74) is 1.42. The first-order valence-electron chi connectivity index (χ1n) is 7.65. The summed E-state index contributed by atoms with van der Waals surface area (Å²) in [6, 6.07) is 3.43. The Morgan fingerprint density at radius 1 is 1.33 bits per heavy atom. The molecule has 0 spiro atoms. The molecule has 0 aliphatic carbocycles. The van der Waals surface area contributed by atoms with Crippen LogP contribution in [0.4, 0.5) is 0 Å². The van der Waals surface area contributed by atoms with Gasteiger partial charge in [0.05, 0.1) is 0 Å². The third kappa shape index (κ3) is 6.02. The lowest BCUT2D eigenvalue weighted by Crippen LogP contribution is -2.35. The molecule has 0 aliphatic heterocycles. The molecule has 0 atom stereocenters. The van der Waals surface area contributed by atoms with E-state index >= 15 is 0 Å². The van der Waals surface area contributed by atoms with E-state index in [-0.39, 0.29) is 11.8 Å². The Kier molecular flexibility index (Phi) is 7.68. The minimum atomic E-state index is -0.0891. The van der Waals surface area contributed by atoms with Crippen molar-refractivity contribution in [2.45, 2.75) is 40.0 Å². The fourth-order valence-corrected chi connectivity index (χ4v) is 2.33. The minimum Gasteiger partial charge on any atom is -0.351 e. The molecule has 0 aromatic carbocycles. The van der Waals surface area contributed by atoms with Gasteiger partial charge in [-0.05, 0) is 37.6 Å². The molecule has 4 nitrogen and oxygen atoms in total. The van der Waals surface area contributed by atoms with Crippen molar-refractivity contribution in [3.8, 4) is 0 Å². The highest BCUT2D eigenvalue weighted by molar-refractivity contribution is 6.29.